The van der Waals surface area contributed by atoms with E-state index in [2.05, 4.69) is 4.90 Å². The molecule has 6 heteroatoms. The summed E-state index contributed by atoms with van der Waals surface area (Å²) in [5.74, 6) is -0.500. The smallest absolute Gasteiger partial charge is 0.307 e. The summed E-state index contributed by atoms with van der Waals surface area (Å²) >= 11 is 12.0. The van der Waals surface area contributed by atoms with E-state index in [-0.39, 0.29) is 5.92 Å². The van der Waals surface area contributed by atoms with Gasteiger partial charge in [0.2, 0.25) is 0 Å². The second-order valence-corrected chi connectivity index (χ2v) is 5.69. The van der Waals surface area contributed by atoms with Gasteiger partial charge in [-0.15, -0.1) is 0 Å². The van der Waals surface area contributed by atoms with Crippen LogP contribution < -0.4 is 4.74 Å². The van der Waals surface area contributed by atoms with Crippen LogP contribution in [0.1, 0.15) is 12.8 Å². The van der Waals surface area contributed by atoms with E-state index >= 15 is 0 Å². The lowest BCUT2D eigenvalue weighted by molar-refractivity contribution is -0.143. The zero-order valence-corrected chi connectivity index (χ0v) is 12.5. The van der Waals surface area contributed by atoms with Gasteiger partial charge in [0.05, 0.1) is 16.0 Å². The Morgan fingerprint density at radius 1 is 1.40 bits per heavy atom. The third kappa shape index (κ3) is 4.01. The molecular formula is C14H17Cl2NO3. The van der Waals surface area contributed by atoms with E-state index in [1.54, 1.807) is 18.2 Å². The Bertz CT molecular complexity index is 461. The summed E-state index contributed by atoms with van der Waals surface area (Å²) in [5.41, 5.74) is 0. The van der Waals surface area contributed by atoms with Crippen LogP contribution in [0.4, 0.5) is 0 Å². The van der Waals surface area contributed by atoms with Gasteiger partial charge in [-0.3, -0.25) is 9.69 Å². The van der Waals surface area contributed by atoms with Gasteiger partial charge in [0.25, 0.3) is 0 Å². The van der Waals surface area contributed by atoms with Crippen molar-refractivity contribution in [3.63, 3.8) is 0 Å². The fraction of sp³-hybridized carbons (Fsp3) is 0.500. The molecule has 0 aliphatic carbocycles. The minimum Gasteiger partial charge on any atom is -0.489 e. The van der Waals surface area contributed by atoms with Gasteiger partial charge < -0.3 is 9.84 Å². The van der Waals surface area contributed by atoms with E-state index in [0.29, 0.717) is 35.5 Å². The van der Waals surface area contributed by atoms with Crippen molar-refractivity contribution in [1.29, 1.82) is 0 Å². The molecule has 0 spiro atoms. The second-order valence-electron chi connectivity index (χ2n) is 4.88. The number of hydrogen-bond acceptors (Lipinski definition) is 3. The minimum atomic E-state index is -0.718. The minimum absolute atomic E-state index is 0.271. The first-order valence-electron chi connectivity index (χ1n) is 6.60. The van der Waals surface area contributed by atoms with Crippen LogP contribution in [-0.2, 0) is 4.79 Å². The molecule has 20 heavy (non-hydrogen) atoms. The average molecular weight is 318 g/mol. The number of likely N-dealkylation sites (tertiary alicyclic amines) is 1. The largest absolute Gasteiger partial charge is 0.489 e. The number of nitrogens with zero attached hydrogens (tertiary/aromatic N) is 1. The van der Waals surface area contributed by atoms with Crippen molar-refractivity contribution in [3.05, 3.63) is 28.2 Å². The molecule has 0 saturated carbocycles. The van der Waals surface area contributed by atoms with E-state index in [1.807, 2.05) is 0 Å². The lowest BCUT2D eigenvalue weighted by atomic mass is 9.98. The number of aliphatic carboxylic acids is 1. The molecule has 1 aliphatic heterocycles. The predicted octanol–water partition coefficient (Wildman–Crippen LogP) is 3.17. The number of para-hydroxylation sites is 1. The molecule has 1 aliphatic rings. The first kappa shape index (κ1) is 15.4. The summed E-state index contributed by atoms with van der Waals surface area (Å²) in [6.45, 7) is 2.60. The zero-order valence-electron chi connectivity index (χ0n) is 11.0. The first-order valence-corrected chi connectivity index (χ1v) is 7.35. The van der Waals surface area contributed by atoms with Crippen molar-refractivity contribution < 1.29 is 14.6 Å². The predicted molar refractivity (Wildman–Crippen MR) is 78.8 cm³/mol. The van der Waals surface area contributed by atoms with E-state index in [1.165, 1.54) is 0 Å². The summed E-state index contributed by atoms with van der Waals surface area (Å²) in [4.78, 5) is 13.1. The molecule has 4 nitrogen and oxygen atoms in total. The molecule has 1 aromatic carbocycles. The maximum absolute atomic E-state index is 11.0. The highest BCUT2D eigenvalue weighted by Crippen LogP contribution is 2.32. The van der Waals surface area contributed by atoms with Gasteiger partial charge in [0, 0.05) is 13.1 Å². The Labute approximate surface area is 128 Å². The van der Waals surface area contributed by atoms with Crippen LogP contribution in [0, 0.1) is 5.92 Å². The lowest BCUT2D eigenvalue weighted by Crippen LogP contribution is -2.40. The van der Waals surface area contributed by atoms with E-state index in [9.17, 15) is 4.79 Å². The van der Waals surface area contributed by atoms with Crippen LogP contribution in [0.15, 0.2) is 18.2 Å². The van der Waals surface area contributed by atoms with Gasteiger partial charge in [0.15, 0.2) is 5.75 Å². The molecule has 0 unspecified atom stereocenters. The number of rotatable bonds is 5. The molecule has 110 valence electrons. The van der Waals surface area contributed by atoms with Gasteiger partial charge in [-0.25, -0.2) is 0 Å². The molecule has 0 bridgehead atoms. The molecule has 1 saturated heterocycles. The van der Waals surface area contributed by atoms with Crippen molar-refractivity contribution in [2.24, 2.45) is 5.92 Å². The first-order chi connectivity index (χ1) is 9.58. The Kier molecular flexibility index (Phi) is 5.52. The van der Waals surface area contributed by atoms with Crippen molar-refractivity contribution in [2.45, 2.75) is 12.8 Å². The summed E-state index contributed by atoms with van der Waals surface area (Å²) in [5, 5.41) is 10.0. The molecule has 1 atom stereocenters. The Morgan fingerprint density at radius 3 is 2.75 bits per heavy atom. The molecule has 1 fully saturated rings. The maximum Gasteiger partial charge on any atom is 0.307 e. The number of halogens is 2. The fourth-order valence-electron chi connectivity index (χ4n) is 2.36. The molecular weight excluding hydrogens is 301 g/mol. The molecule has 0 radical (unpaired) electrons. The average Bonchev–Trinajstić information content (AvgIpc) is 2.42. The number of carboxylic acid groups (broad SMARTS) is 1. The summed E-state index contributed by atoms with van der Waals surface area (Å²) in [6.07, 6.45) is 1.66. The van der Waals surface area contributed by atoms with Crippen LogP contribution in [-0.4, -0.2) is 42.2 Å². The summed E-state index contributed by atoms with van der Waals surface area (Å²) in [6, 6.07) is 5.22. The SMILES string of the molecule is O=C(O)[C@H]1CCCN(CCOc2c(Cl)cccc2Cl)C1. The van der Waals surface area contributed by atoms with Crippen molar-refractivity contribution in [2.75, 3.05) is 26.2 Å². The van der Waals surface area contributed by atoms with Gasteiger partial charge in [-0.05, 0) is 31.5 Å². The van der Waals surface area contributed by atoms with Crippen molar-refractivity contribution >= 4 is 29.2 Å². The Morgan fingerprint density at radius 2 is 2.10 bits per heavy atom. The summed E-state index contributed by atoms with van der Waals surface area (Å²) in [7, 11) is 0. The number of benzene rings is 1. The number of ether oxygens (including phenoxy) is 1. The number of carboxylic acids is 1. The van der Waals surface area contributed by atoms with E-state index in [0.717, 1.165) is 19.4 Å². The fourth-order valence-corrected chi connectivity index (χ4v) is 2.86. The number of piperidine rings is 1. The topological polar surface area (TPSA) is 49.8 Å². The van der Waals surface area contributed by atoms with E-state index in [4.69, 9.17) is 33.0 Å². The van der Waals surface area contributed by atoms with Crippen molar-refractivity contribution in [3.8, 4) is 5.75 Å². The normalized spacial score (nSPS) is 19.8. The second kappa shape index (κ2) is 7.16. The monoisotopic (exact) mass is 317 g/mol. The standard InChI is InChI=1S/C14H17Cl2NO3/c15-11-4-1-5-12(16)13(11)20-8-7-17-6-2-3-10(9-17)14(18)19/h1,4-5,10H,2-3,6-9H2,(H,18,19)/t10-/m0/s1. The number of hydrogen-bond donors (Lipinski definition) is 1. The van der Waals surface area contributed by atoms with E-state index < -0.39 is 5.97 Å². The Balaban J connectivity index is 1.82. The quantitative estimate of drug-likeness (QED) is 0.906. The maximum atomic E-state index is 11.0. The zero-order chi connectivity index (χ0) is 14.5. The van der Waals surface area contributed by atoms with Crippen LogP contribution in [0.3, 0.4) is 0 Å². The highest BCUT2D eigenvalue weighted by molar-refractivity contribution is 6.37. The number of carbonyl (C=O) groups is 1. The molecule has 1 heterocycles. The van der Waals surface area contributed by atoms with Crippen molar-refractivity contribution in [1.82, 2.24) is 4.90 Å². The lowest BCUT2D eigenvalue weighted by Gasteiger charge is -2.30. The molecule has 1 aromatic rings. The van der Waals surface area contributed by atoms with Gasteiger partial charge in [-0.1, -0.05) is 29.3 Å². The van der Waals surface area contributed by atoms with Crippen LogP contribution in [0.5, 0.6) is 5.75 Å². The third-order valence-electron chi connectivity index (χ3n) is 3.43. The van der Waals surface area contributed by atoms with Crippen LogP contribution in [0.2, 0.25) is 10.0 Å². The molecule has 1 N–H and O–H groups in total. The molecule has 2 rings (SSSR count). The molecule has 0 aromatic heterocycles. The van der Waals surface area contributed by atoms with Gasteiger partial charge in [-0.2, -0.15) is 0 Å². The van der Waals surface area contributed by atoms with Gasteiger partial charge >= 0.3 is 5.97 Å². The van der Waals surface area contributed by atoms with Crippen LogP contribution in [0.25, 0.3) is 0 Å². The highest BCUT2D eigenvalue weighted by atomic mass is 35.5. The van der Waals surface area contributed by atoms with Gasteiger partial charge in [0.1, 0.15) is 6.61 Å². The van der Waals surface area contributed by atoms with Crippen LogP contribution >= 0.6 is 23.2 Å². The third-order valence-corrected chi connectivity index (χ3v) is 4.02. The Hall–Kier alpha value is -0.970. The summed E-state index contributed by atoms with van der Waals surface area (Å²) < 4.78 is 5.61. The molecule has 0 amide bonds. The highest BCUT2D eigenvalue weighted by Gasteiger charge is 2.25.